The number of hydrogen-bond acceptors (Lipinski definition) is 6. The van der Waals surface area contributed by atoms with Gasteiger partial charge in [0.05, 0.1) is 13.7 Å². The number of anilines is 2. The Kier molecular flexibility index (Phi) is 3.43. The summed E-state index contributed by atoms with van der Waals surface area (Å²) in [5.41, 5.74) is 5.62. The lowest BCUT2D eigenvalue weighted by atomic mass is 10.4. The number of thiophene rings is 1. The molecule has 0 aromatic carbocycles. The number of aromatic nitrogens is 2. The normalized spacial score (nSPS) is 10.2. The maximum atomic E-state index is 5.62. The Labute approximate surface area is 104 Å². The van der Waals surface area contributed by atoms with E-state index >= 15 is 0 Å². The first-order valence-corrected chi connectivity index (χ1v) is 5.99. The molecule has 2 aromatic rings. The summed E-state index contributed by atoms with van der Waals surface area (Å²) in [5, 5.41) is 2.05. The predicted octanol–water partition coefficient (Wildman–Crippen LogP) is 1.77. The molecule has 0 saturated heterocycles. The van der Waals surface area contributed by atoms with E-state index in [4.69, 9.17) is 10.5 Å². The number of methoxy groups -OCH3 is 1. The summed E-state index contributed by atoms with van der Waals surface area (Å²) in [5.74, 6) is 1.45. The van der Waals surface area contributed by atoms with Gasteiger partial charge in [-0.2, -0.15) is 9.97 Å². The highest BCUT2D eigenvalue weighted by atomic mass is 32.1. The first-order chi connectivity index (χ1) is 8.19. The van der Waals surface area contributed by atoms with E-state index in [1.54, 1.807) is 24.5 Å². The molecule has 0 unspecified atom stereocenters. The smallest absolute Gasteiger partial charge is 0.225 e. The third-order valence-corrected chi connectivity index (χ3v) is 3.14. The van der Waals surface area contributed by atoms with Gasteiger partial charge >= 0.3 is 0 Å². The van der Waals surface area contributed by atoms with Gasteiger partial charge in [0.2, 0.25) is 11.8 Å². The molecule has 17 heavy (non-hydrogen) atoms. The van der Waals surface area contributed by atoms with Gasteiger partial charge < -0.3 is 15.4 Å². The molecule has 0 aliphatic heterocycles. The van der Waals surface area contributed by atoms with Crippen molar-refractivity contribution in [3.8, 4) is 5.88 Å². The molecule has 0 atom stereocenters. The first kappa shape index (κ1) is 11.7. The molecule has 0 radical (unpaired) electrons. The van der Waals surface area contributed by atoms with Gasteiger partial charge in [-0.1, -0.05) is 6.07 Å². The number of nitrogen functional groups attached to an aromatic ring is 1. The van der Waals surface area contributed by atoms with Crippen molar-refractivity contribution >= 4 is 23.1 Å². The van der Waals surface area contributed by atoms with Crippen LogP contribution >= 0.6 is 11.3 Å². The number of hydrogen-bond donors (Lipinski definition) is 1. The summed E-state index contributed by atoms with van der Waals surface area (Å²) in [6, 6.07) is 5.88. The van der Waals surface area contributed by atoms with Crippen LogP contribution in [0.5, 0.6) is 5.88 Å². The zero-order valence-corrected chi connectivity index (χ0v) is 10.6. The Bertz CT molecular complexity index is 486. The lowest BCUT2D eigenvalue weighted by molar-refractivity contribution is 0.397. The molecule has 2 rings (SSSR count). The van der Waals surface area contributed by atoms with Crippen molar-refractivity contribution in [1.29, 1.82) is 0 Å². The minimum Gasteiger partial charge on any atom is -0.481 e. The molecule has 0 spiro atoms. The quantitative estimate of drug-likeness (QED) is 0.895. The van der Waals surface area contributed by atoms with Gasteiger partial charge in [-0.05, 0) is 11.4 Å². The maximum Gasteiger partial charge on any atom is 0.225 e. The summed E-state index contributed by atoms with van der Waals surface area (Å²) >= 11 is 1.71. The van der Waals surface area contributed by atoms with Crippen molar-refractivity contribution in [2.24, 2.45) is 0 Å². The number of ether oxygens (including phenoxy) is 1. The molecule has 2 N–H and O–H groups in total. The molecular formula is C11H14N4OS. The molecule has 90 valence electrons. The number of nitrogens with zero attached hydrogens (tertiary/aromatic N) is 3. The van der Waals surface area contributed by atoms with Gasteiger partial charge in [0.15, 0.2) is 0 Å². The van der Waals surface area contributed by atoms with Crippen molar-refractivity contribution in [2.45, 2.75) is 6.54 Å². The molecule has 0 amide bonds. The van der Waals surface area contributed by atoms with Crippen LogP contribution in [-0.4, -0.2) is 24.1 Å². The molecule has 2 aromatic heterocycles. The van der Waals surface area contributed by atoms with Crippen LogP contribution in [0, 0.1) is 0 Å². The Hall–Kier alpha value is -1.82. The molecule has 0 aliphatic rings. The lowest BCUT2D eigenvalue weighted by Gasteiger charge is -2.17. The predicted molar refractivity (Wildman–Crippen MR) is 69.4 cm³/mol. The zero-order valence-electron chi connectivity index (χ0n) is 9.75. The molecule has 0 bridgehead atoms. The molecule has 2 heterocycles. The van der Waals surface area contributed by atoms with Crippen LogP contribution in [0.3, 0.4) is 0 Å². The fraction of sp³-hybridized carbons (Fsp3) is 0.273. The standard InChI is InChI=1S/C11H14N4OS/c1-15(7-8-4-3-5-17-8)9-6-10(16-2)14-11(12)13-9/h3-6H,7H2,1-2H3,(H2,12,13,14). The van der Waals surface area contributed by atoms with Crippen LogP contribution in [0.15, 0.2) is 23.6 Å². The van der Waals surface area contributed by atoms with Crippen LogP contribution in [0.25, 0.3) is 0 Å². The SMILES string of the molecule is COc1cc(N(C)Cc2cccs2)nc(N)n1. The third-order valence-electron chi connectivity index (χ3n) is 2.28. The van der Waals surface area contributed by atoms with Gasteiger partial charge in [0.25, 0.3) is 0 Å². The van der Waals surface area contributed by atoms with E-state index in [1.807, 2.05) is 18.0 Å². The second-order valence-electron chi connectivity index (χ2n) is 3.56. The van der Waals surface area contributed by atoms with Crippen LogP contribution < -0.4 is 15.4 Å². The second kappa shape index (κ2) is 5.01. The van der Waals surface area contributed by atoms with E-state index in [9.17, 15) is 0 Å². The Morgan fingerprint density at radius 2 is 2.29 bits per heavy atom. The summed E-state index contributed by atoms with van der Waals surface area (Å²) < 4.78 is 5.07. The summed E-state index contributed by atoms with van der Waals surface area (Å²) in [4.78, 5) is 11.4. The van der Waals surface area contributed by atoms with E-state index in [-0.39, 0.29) is 5.95 Å². The lowest BCUT2D eigenvalue weighted by Crippen LogP contribution is -2.18. The zero-order chi connectivity index (χ0) is 12.3. The van der Waals surface area contributed by atoms with Gasteiger partial charge in [0, 0.05) is 18.0 Å². The molecule has 6 heteroatoms. The van der Waals surface area contributed by atoms with Gasteiger partial charge in [-0.15, -0.1) is 11.3 Å². The monoisotopic (exact) mass is 250 g/mol. The van der Waals surface area contributed by atoms with Crippen LogP contribution in [-0.2, 0) is 6.54 Å². The average Bonchev–Trinajstić information content (AvgIpc) is 2.81. The van der Waals surface area contributed by atoms with E-state index in [1.165, 1.54) is 4.88 Å². The topological polar surface area (TPSA) is 64.3 Å². The molecule has 0 saturated carbocycles. The van der Waals surface area contributed by atoms with Gasteiger partial charge in [-0.3, -0.25) is 0 Å². The molecule has 0 aliphatic carbocycles. The van der Waals surface area contributed by atoms with Crippen molar-refractivity contribution in [2.75, 3.05) is 24.8 Å². The minimum atomic E-state index is 0.220. The summed E-state index contributed by atoms with van der Waals surface area (Å²) in [7, 11) is 3.52. The first-order valence-electron chi connectivity index (χ1n) is 5.11. The largest absolute Gasteiger partial charge is 0.481 e. The van der Waals surface area contributed by atoms with Gasteiger partial charge in [-0.25, -0.2) is 0 Å². The summed E-state index contributed by atoms with van der Waals surface area (Å²) in [6.45, 7) is 0.789. The van der Waals surface area contributed by atoms with Crippen LogP contribution in [0.1, 0.15) is 4.88 Å². The Morgan fingerprint density at radius 3 is 2.94 bits per heavy atom. The second-order valence-corrected chi connectivity index (χ2v) is 4.59. The minimum absolute atomic E-state index is 0.220. The van der Waals surface area contributed by atoms with Crippen molar-refractivity contribution in [3.63, 3.8) is 0 Å². The van der Waals surface area contributed by atoms with Crippen LogP contribution in [0.2, 0.25) is 0 Å². The van der Waals surface area contributed by atoms with Crippen molar-refractivity contribution < 1.29 is 4.74 Å². The number of nitrogens with two attached hydrogens (primary N) is 1. The van der Waals surface area contributed by atoms with Crippen LogP contribution in [0.4, 0.5) is 11.8 Å². The highest BCUT2D eigenvalue weighted by Gasteiger charge is 2.08. The summed E-state index contributed by atoms with van der Waals surface area (Å²) in [6.07, 6.45) is 0. The number of rotatable bonds is 4. The van der Waals surface area contributed by atoms with E-state index in [0.717, 1.165) is 12.4 Å². The highest BCUT2D eigenvalue weighted by Crippen LogP contribution is 2.20. The van der Waals surface area contributed by atoms with Gasteiger partial charge in [0.1, 0.15) is 5.82 Å². The fourth-order valence-corrected chi connectivity index (χ4v) is 2.20. The highest BCUT2D eigenvalue weighted by molar-refractivity contribution is 7.09. The maximum absolute atomic E-state index is 5.62. The average molecular weight is 250 g/mol. The molecule has 5 nitrogen and oxygen atoms in total. The van der Waals surface area contributed by atoms with E-state index in [0.29, 0.717) is 5.88 Å². The van der Waals surface area contributed by atoms with Crippen molar-refractivity contribution in [3.05, 3.63) is 28.5 Å². The molecular weight excluding hydrogens is 236 g/mol. The third kappa shape index (κ3) is 2.85. The van der Waals surface area contributed by atoms with Crippen molar-refractivity contribution in [1.82, 2.24) is 9.97 Å². The Balaban J connectivity index is 2.18. The molecule has 0 fully saturated rings. The van der Waals surface area contributed by atoms with E-state index < -0.39 is 0 Å². The fourth-order valence-electron chi connectivity index (χ4n) is 1.45. The van der Waals surface area contributed by atoms with E-state index in [2.05, 4.69) is 21.4 Å². The Morgan fingerprint density at radius 1 is 1.47 bits per heavy atom.